The normalized spacial score (nSPS) is 11.2. The average Bonchev–Trinajstić information content (AvgIpc) is 2.79. The minimum Gasteiger partial charge on any atom is -0.508 e. The zero-order valence-electron chi connectivity index (χ0n) is 18.2. The first-order valence-electron chi connectivity index (χ1n) is 11.4. The summed E-state index contributed by atoms with van der Waals surface area (Å²) in [4.78, 5) is 0. The lowest BCUT2D eigenvalue weighted by atomic mass is 9.94. The fourth-order valence-electron chi connectivity index (χ4n) is 3.91. The topological polar surface area (TPSA) is 20.2 Å². The minimum atomic E-state index is 0.412. The molecule has 0 saturated carbocycles. The van der Waals surface area contributed by atoms with E-state index in [2.05, 4.69) is 61.5 Å². The Bertz CT molecular complexity index is 910. The second kappa shape index (κ2) is 12.0. The van der Waals surface area contributed by atoms with Crippen molar-refractivity contribution in [1.29, 1.82) is 0 Å². The van der Waals surface area contributed by atoms with Gasteiger partial charge >= 0.3 is 0 Å². The molecule has 0 saturated heterocycles. The molecule has 1 nitrogen and oxygen atoms in total. The molecule has 0 bridgehead atoms. The van der Waals surface area contributed by atoms with Crippen LogP contribution in [-0.2, 0) is 6.42 Å². The van der Waals surface area contributed by atoms with Gasteiger partial charge in [0.1, 0.15) is 5.75 Å². The second-order valence-corrected chi connectivity index (χ2v) is 8.04. The average molecular weight is 399 g/mol. The number of phenolic OH excluding ortho intramolecular Hbond substituents is 1. The maximum absolute atomic E-state index is 10.9. The summed E-state index contributed by atoms with van der Waals surface area (Å²) >= 11 is 0. The van der Waals surface area contributed by atoms with Gasteiger partial charge in [-0.2, -0.15) is 0 Å². The van der Waals surface area contributed by atoms with Crippen molar-refractivity contribution >= 4 is 12.2 Å². The molecule has 0 amide bonds. The molecule has 0 radical (unpaired) electrons. The third kappa shape index (κ3) is 6.62. The van der Waals surface area contributed by atoms with Crippen molar-refractivity contribution in [1.82, 2.24) is 0 Å². The van der Waals surface area contributed by atoms with E-state index in [9.17, 15) is 5.11 Å². The minimum absolute atomic E-state index is 0.412. The molecule has 0 aromatic heterocycles. The van der Waals surface area contributed by atoms with Gasteiger partial charge in [-0.3, -0.25) is 0 Å². The largest absolute Gasteiger partial charge is 0.508 e. The number of hydrogen-bond acceptors (Lipinski definition) is 1. The molecule has 0 aliphatic heterocycles. The van der Waals surface area contributed by atoms with E-state index in [0.29, 0.717) is 5.75 Å². The maximum atomic E-state index is 10.9. The highest BCUT2D eigenvalue weighted by molar-refractivity contribution is 5.77. The SMILES string of the molecule is CCCCCCCCCc1c(O)cc(-c2ccccc2)cc1C=Cc1ccccc1. The molecule has 0 spiro atoms. The summed E-state index contributed by atoms with van der Waals surface area (Å²) in [6.45, 7) is 2.26. The van der Waals surface area contributed by atoms with Crippen LogP contribution in [0.1, 0.15) is 68.6 Å². The Labute approximate surface area is 182 Å². The van der Waals surface area contributed by atoms with Gasteiger partial charge in [0.2, 0.25) is 0 Å². The lowest BCUT2D eigenvalue weighted by molar-refractivity contribution is 0.466. The molecule has 0 aliphatic rings. The summed E-state index contributed by atoms with van der Waals surface area (Å²) in [6.07, 6.45) is 14.2. The van der Waals surface area contributed by atoms with Crippen molar-refractivity contribution in [3.05, 3.63) is 89.5 Å². The maximum Gasteiger partial charge on any atom is 0.119 e. The third-order valence-electron chi connectivity index (χ3n) is 5.65. The van der Waals surface area contributed by atoms with Crippen molar-refractivity contribution in [2.45, 2.75) is 58.3 Å². The van der Waals surface area contributed by atoms with Gasteiger partial charge in [0.15, 0.2) is 0 Å². The molecule has 1 N–H and O–H groups in total. The van der Waals surface area contributed by atoms with Gasteiger partial charge in [-0.25, -0.2) is 0 Å². The molecular formula is C29H34O. The van der Waals surface area contributed by atoms with E-state index in [0.717, 1.165) is 35.1 Å². The van der Waals surface area contributed by atoms with E-state index in [1.165, 1.54) is 44.1 Å². The van der Waals surface area contributed by atoms with Crippen molar-refractivity contribution < 1.29 is 5.11 Å². The van der Waals surface area contributed by atoms with Crippen LogP contribution in [0.4, 0.5) is 0 Å². The molecule has 156 valence electrons. The Morgan fingerprint density at radius 3 is 2.00 bits per heavy atom. The van der Waals surface area contributed by atoms with Crippen LogP contribution in [0.3, 0.4) is 0 Å². The molecule has 3 rings (SSSR count). The zero-order valence-corrected chi connectivity index (χ0v) is 18.2. The van der Waals surface area contributed by atoms with Gasteiger partial charge in [0.25, 0.3) is 0 Å². The highest BCUT2D eigenvalue weighted by Gasteiger charge is 2.10. The van der Waals surface area contributed by atoms with Crippen LogP contribution < -0.4 is 0 Å². The summed E-state index contributed by atoms with van der Waals surface area (Å²) in [5.41, 5.74) is 5.54. The van der Waals surface area contributed by atoms with E-state index < -0.39 is 0 Å². The fourth-order valence-corrected chi connectivity index (χ4v) is 3.91. The number of aromatic hydroxyl groups is 1. The Kier molecular flexibility index (Phi) is 8.78. The molecule has 0 fully saturated rings. The van der Waals surface area contributed by atoms with Gasteiger partial charge in [-0.15, -0.1) is 0 Å². The smallest absolute Gasteiger partial charge is 0.119 e. The number of benzene rings is 3. The van der Waals surface area contributed by atoms with E-state index in [4.69, 9.17) is 0 Å². The molecule has 30 heavy (non-hydrogen) atoms. The molecule has 3 aromatic carbocycles. The van der Waals surface area contributed by atoms with E-state index in [1.807, 2.05) is 30.3 Å². The predicted octanol–water partition coefficient (Wildman–Crippen LogP) is 8.52. The Balaban J connectivity index is 1.78. The number of hydrogen-bond donors (Lipinski definition) is 1. The van der Waals surface area contributed by atoms with Gasteiger partial charge in [0, 0.05) is 5.56 Å². The van der Waals surface area contributed by atoms with Crippen molar-refractivity contribution in [2.75, 3.05) is 0 Å². The van der Waals surface area contributed by atoms with Crippen molar-refractivity contribution in [3.8, 4) is 16.9 Å². The van der Waals surface area contributed by atoms with Crippen LogP contribution in [-0.4, -0.2) is 5.11 Å². The summed E-state index contributed by atoms with van der Waals surface area (Å²) in [5, 5.41) is 10.9. The highest BCUT2D eigenvalue weighted by atomic mass is 16.3. The van der Waals surface area contributed by atoms with Crippen molar-refractivity contribution in [3.63, 3.8) is 0 Å². The molecule has 1 heteroatoms. The van der Waals surface area contributed by atoms with Crippen molar-refractivity contribution in [2.24, 2.45) is 0 Å². The lowest BCUT2D eigenvalue weighted by Gasteiger charge is -2.13. The Morgan fingerprint density at radius 1 is 0.667 bits per heavy atom. The number of phenols is 1. The summed E-state index contributed by atoms with van der Waals surface area (Å²) in [7, 11) is 0. The monoisotopic (exact) mass is 398 g/mol. The second-order valence-electron chi connectivity index (χ2n) is 8.04. The first-order chi connectivity index (χ1) is 14.8. The Hall–Kier alpha value is -2.80. The van der Waals surface area contributed by atoms with Crippen LogP contribution in [0.15, 0.2) is 72.8 Å². The van der Waals surface area contributed by atoms with E-state index in [-0.39, 0.29) is 0 Å². The lowest BCUT2D eigenvalue weighted by Crippen LogP contribution is -1.93. The van der Waals surface area contributed by atoms with Gasteiger partial charge in [0.05, 0.1) is 0 Å². The van der Waals surface area contributed by atoms with Crippen LogP contribution in [0.25, 0.3) is 23.3 Å². The fraction of sp³-hybridized carbons (Fsp3) is 0.310. The number of rotatable bonds is 11. The van der Waals surface area contributed by atoms with Gasteiger partial charge in [-0.1, -0.05) is 118 Å². The predicted molar refractivity (Wildman–Crippen MR) is 131 cm³/mol. The summed E-state index contributed by atoms with van der Waals surface area (Å²) in [5.74, 6) is 0.412. The van der Waals surface area contributed by atoms with Crippen LogP contribution in [0.5, 0.6) is 5.75 Å². The first kappa shape index (κ1) is 21.9. The zero-order chi connectivity index (χ0) is 21.0. The molecule has 0 unspecified atom stereocenters. The Morgan fingerprint density at radius 2 is 1.30 bits per heavy atom. The first-order valence-corrected chi connectivity index (χ1v) is 11.4. The standard InChI is InChI=1S/C29H34O/c1-2-3-4-5-6-7-14-19-28-26(21-20-24-15-10-8-11-16-24)22-27(23-29(28)30)25-17-12-9-13-18-25/h8-13,15-18,20-23,30H,2-7,14,19H2,1H3. The third-order valence-corrected chi connectivity index (χ3v) is 5.65. The van der Waals surface area contributed by atoms with E-state index in [1.54, 1.807) is 0 Å². The van der Waals surface area contributed by atoms with Gasteiger partial charge in [-0.05, 0) is 47.2 Å². The molecule has 0 aliphatic carbocycles. The van der Waals surface area contributed by atoms with E-state index >= 15 is 0 Å². The molecule has 0 atom stereocenters. The molecule has 3 aromatic rings. The molecular weight excluding hydrogens is 364 g/mol. The quantitative estimate of drug-likeness (QED) is 0.253. The highest BCUT2D eigenvalue weighted by Crippen LogP contribution is 2.32. The van der Waals surface area contributed by atoms with Crippen LogP contribution >= 0.6 is 0 Å². The summed E-state index contributed by atoms with van der Waals surface area (Å²) < 4.78 is 0. The van der Waals surface area contributed by atoms with Crippen LogP contribution in [0.2, 0.25) is 0 Å². The molecule has 0 heterocycles. The van der Waals surface area contributed by atoms with Crippen LogP contribution in [0, 0.1) is 0 Å². The number of unbranched alkanes of at least 4 members (excludes halogenated alkanes) is 6. The van der Waals surface area contributed by atoms with Gasteiger partial charge < -0.3 is 5.11 Å². The summed E-state index contributed by atoms with van der Waals surface area (Å²) in [6, 6.07) is 24.8.